The number of carbonyl (C=O) groups is 1. The lowest BCUT2D eigenvalue weighted by atomic mass is 10.2. The van der Waals surface area contributed by atoms with Crippen molar-refractivity contribution in [2.75, 3.05) is 6.54 Å². The molecule has 1 amide bonds. The van der Waals surface area contributed by atoms with E-state index in [1.54, 1.807) is 6.20 Å². The van der Waals surface area contributed by atoms with Crippen molar-refractivity contribution in [2.45, 2.75) is 50.7 Å². The van der Waals surface area contributed by atoms with Crippen LogP contribution in [-0.4, -0.2) is 48.3 Å². The number of nitrogens with one attached hydrogen (secondary N) is 4. The number of nitrogens with zero attached hydrogens (tertiary/aromatic N) is 1. The topological polar surface area (TPSA) is 176 Å². The summed E-state index contributed by atoms with van der Waals surface area (Å²) in [4.78, 5) is 15.7. The Balaban J connectivity index is 2.08. The smallest absolute Gasteiger partial charge is 0.271 e. The van der Waals surface area contributed by atoms with Gasteiger partial charge in [-0.25, -0.2) is 4.99 Å². The van der Waals surface area contributed by atoms with Crippen LogP contribution < -0.4 is 38.5 Å². The Bertz CT molecular complexity index is 568. The standard InChI is InChI=1S/C15H28N8O2/c1-2-10(13(17)24)22-11-7-20-12(14(18)25)15(23-11)21-9(5-16)6-19-8-3-4-8/h6-8,10-11,13,19,21-24H,2-5,16-17H2,1H3,(H2,18,25)/b9-6+. The Labute approximate surface area is 147 Å². The van der Waals surface area contributed by atoms with E-state index in [4.69, 9.17) is 17.2 Å². The van der Waals surface area contributed by atoms with Gasteiger partial charge in [0, 0.05) is 36.7 Å². The van der Waals surface area contributed by atoms with E-state index in [-0.39, 0.29) is 18.3 Å². The molecule has 0 aromatic heterocycles. The van der Waals surface area contributed by atoms with Crippen molar-refractivity contribution in [1.82, 2.24) is 21.3 Å². The summed E-state index contributed by atoms with van der Waals surface area (Å²) in [7, 11) is 0. The zero-order valence-electron chi connectivity index (χ0n) is 14.3. The zero-order valence-corrected chi connectivity index (χ0v) is 14.3. The maximum absolute atomic E-state index is 11.6. The van der Waals surface area contributed by atoms with E-state index >= 15 is 0 Å². The van der Waals surface area contributed by atoms with Crippen LogP contribution in [0.1, 0.15) is 26.2 Å². The molecule has 0 aromatic carbocycles. The highest BCUT2D eigenvalue weighted by Gasteiger charge is 2.24. The van der Waals surface area contributed by atoms with Gasteiger partial charge >= 0.3 is 0 Å². The lowest BCUT2D eigenvalue weighted by Crippen LogP contribution is -2.56. The van der Waals surface area contributed by atoms with Gasteiger partial charge in [-0.05, 0) is 19.3 Å². The maximum Gasteiger partial charge on any atom is 0.271 e. The van der Waals surface area contributed by atoms with Crippen LogP contribution in [0.15, 0.2) is 28.4 Å². The second-order valence-corrected chi connectivity index (χ2v) is 6.10. The molecule has 1 fully saturated rings. The predicted molar refractivity (Wildman–Crippen MR) is 95.5 cm³/mol. The Kier molecular flexibility index (Phi) is 6.76. The number of primary amides is 1. The minimum Gasteiger partial charge on any atom is -0.387 e. The summed E-state index contributed by atoms with van der Waals surface area (Å²) >= 11 is 0. The third-order valence-electron chi connectivity index (χ3n) is 3.94. The number of hydrogen-bond acceptors (Lipinski definition) is 9. The van der Waals surface area contributed by atoms with Gasteiger partial charge < -0.3 is 38.3 Å². The molecule has 0 spiro atoms. The molecular formula is C15H28N8O2. The molecule has 1 saturated carbocycles. The van der Waals surface area contributed by atoms with Gasteiger partial charge in [-0.15, -0.1) is 0 Å². The van der Waals surface area contributed by atoms with Crippen molar-refractivity contribution in [2.24, 2.45) is 22.2 Å². The number of aliphatic hydroxyl groups excluding tert-OH is 1. The van der Waals surface area contributed by atoms with E-state index in [1.165, 1.54) is 6.21 Å². The largest absolute Gasteiger partial charge is 0.387 e. The highest BCUT2D eigenvalue weighted by atomic mass is 16.3. The van der Waals surface area contributed by atoms with Crippen molar-refractivity contribution in [3.05, 3.63) is 23.4 Å². The highest BCUT2D eigenvalue weighted by Crippen LogP contribution is 2.18. The van der Waals surface area contributed by atoms with Crippen molar-refractivity contribution in [3.8, 4) is 0 Å². The summed E-state index contributed by atoms with van der Waals surface area (Å²) in [5.74, 6) is -0.315. The molecule has 3 atom stereocenters. The van der Waals surface area contributed by atoms with Crippen LogP contribution in [0.2, 0.25) is 0 Å². The predicted octanol–water partition coefficient (Wildman–Crippen LogP) is -2.57. The van der Waals surface area contributed by atoms with E-state index in [2.05, 4.69) is 26.3 Å². The fourth-order valence-corrected chi connectivity index (χ4v) is 2.31. The van der Waals surface area contributed by atoms with Crippen LogP contribution in [0.25, 0.3) is 0 Å². The molecule has 3 unspecified atom stereocenters. The quantitative estimate of drug-likeness (QED) is 0.198. The van der Waals surface area contributed by atoms with Gasteiger partial charge in [0.1, 0.15) is 18.2 Å². The van der Waals surface area contributed by atoms with Gasteiger partial charge in [0.2, 0.25) is 0 Å². The van der Waals surface area contributed by atoms with Crippen molar-refractivity contribution < 1.29 is 9.90 Å². The van der Waals surface area contributed by atoms with E-state index in [9.17, 15) is 9.90 Å². The van der Waals surface area contributed by atoms with E-state index in [1.807, 2.05) is 6.92 Å². The maximum atomic E-state index is 11.6. The van der Waals surface area contributed by atoms with Crippen LogP contribution in [0.3, 0.4) is 0 Å². The molecule has 0 saturated heterocycles. The number of aliphatic imine (C=N–C) groups is 1. The summed E-state index contributed by atoms with van der Waals surface area (Å²) < 4.78 is 0. The van der Waals surface area contributed by atoms with E-state index in [0.29, 0.717) is 24.0 Å². The highest BCUT2D eigenvalue weighted by molar-refractivity contribution is 5.95. The number of rotatable bonds is 10. The summed E-state index contributed by atoms with van der Waals surface area (Å²) in [5, 5.41) is 22.1. The molecule has 10 heteroatoms. The molecule has 0 aromatic rings. The van der Waals surface area contributed by atoms with Crippen LogP contribution in [0.4, 0.5) is 0 Å². The summed E-state index contributed by atoms with van der Waals surface area (Å²) in [6.07, 6.45) is 4.76. The summed E-state index contributed by atoms with van der Waals surface area (Å²) in [5.41, 5.74) is 17.4. The second kappa shape index (κ2) is 8.81. The summed E-state index contributed by atoms with van der Waals surface area (Å²) in [6.45, 7) is 2.15. The number of aliphatic hydroxyl groups is 1. The van der Waals surface area contributed by atoms with Crippen molar-refractivity contribution >= 4 is 12.1 Å². The first-order chi connectivity index (χ1) is 11.9. The first-order valence-electron chi connectivity index (χ1n) is 8.41. The average molecular weight is 352 g/mol. The SMILES string of the molecule is CCC(NC1C=NC(C(N)=O)=C(N/C(=C/NC2CC2)CN)N1)C(N)O. The number of hydrogen-bond donors (Lipinski definition) is 8. The van der Waals surface area contributed by atoms with Crippen LogP contribution in [0.5, 0.6) is 0 Å². The third-order valence-corrected chi connectivity index (χ3v) is 3.94. The normalized spacial score (nSPS) is 23.0. The molecule has 0 radical (unpaired) electrons. The number of carbonyl (C=O) groups excluding carboxylic acids is 1. The molecule has 0 bridgehead atoms. The number of amides is 1. The third kappa shape index (κ3) is 5.71. The minimum atomic E-state index is -1.01. The molecule has 1 heterocycles. The zero-order chi connectivity index (χ0) is 18.4. The van der Waals surface area contributed by atoms with Gasteiger partial charge in [-0.1, -0.05) is 6.92 Å². The average Bonchev–Trinajstić information content (AvgIpc) is 3.40. The Morgan fingerprint density at radius 2 is 2.28 bits per heavy atom. The van der Waals surface area contributed by atoms with Crippen LogP contribution in [-0.2, 0) is 4.79 Å². The Hall–Kier alpha value is -2.14. The van der Waals surface area contributed by atoms with Gasteiger partial charge in [0.25, 0.3) is 5.91 Å². The summed E-state index contributed by atoms with van der Waals surface area (Å²) in [6, 6.07) is 0.150. The van der Waals surface area contributed by atoms with Gasteiger partial charge in [0.05, 0.1) is 0 Å². The van der Waals surface area contributed by atoms with Crippen LogP contribution in [0, 0.1) is 0 Å². The van der Waals surface area contributed by atoms with Gasteiger partial charge in [-0.3, -0.25) is 10.1 Å². The van der Waals surface area contributed by atoms with E-state index in [0.717, 1.165) is 12.8 Å². The molecule has 2 aliphatic rings. The van der Waals surface area contributed by atoms with Crippen LogP contribution >= 0.6 is 0 Å². The first-order valence-corrected chi connectivity index (χ1v) is 8.41. The molecule has 25 heavy (non-hydrogen) atoms. The van der Waals surface area contributed by atoms with Crippen molar-refractivity contribution in [3.63, 3.8) is 0 Å². The Morgan fingerprint density at radius 3 is 2.80 bits per heavy atom. The molecule has 1 aliphatic carbocycles. The fraction of sp³-hybridized carbons (Fsp3) is 0.600. The molecular weight excluding hydrogens is 324 g/mol. The van der Waals surface area contributed by atoms with Gasteiger partial charge in [0.15, 0.2) is 5.70 Å². The molecule has 10 nitrogen and oxygen atoms in total. The number of nitrogens with two attached hydrogens (primary N) is 3. The lowest BCUT2D eigenvalue weighted by Gasteiger charge is -2.29. The molecule has 140 valence electrons. The first kappa shape index (κ1) is 19.2. The van der Waals surface area contributed by atoms with Gasteiger partial charge in [-0.2, -0.15) is 0 Å². The monoisotopic (exact) mass is 352 g/mol. The Morgan fingerprint density at radius 1 is 1.56 bits per heavy atom. The molecule has 2 rings (SSSR count). The lowest BCUT2D eigenvalue weighted by molar-refractivity contribution is -0.114. The molecule has 1 aliphatic heterocycles. The minimum absolute atomic E-state index is 0.0742. The fourth-order valence-electron chi connectivity index (χ4n) is 2.31. The van der Waals surface area contributed by atoms with Crippen molar-refractivity contribution in [1.29, 1.82) is 0 Å². The second-order valence-electron chi connectivity index (χ2n) is 6.10. The van der Waals surface area contributed by atoms with E-state index < -0.39 is 18.3 Å². The molecule has 11 N–H and O–H groups in total.